The van der Waals surface area contributed by atoms with E-state index in [1.54, 1.807) is 0 Å². The lowest BCUT2D eigenvalue weighted by Crippen LogP contribution is -2.15. The molecule has 0 atom stereocenters. The summed E-state index contributed by atoms with van der Waals surface area (Å²) in [5, 5.41) is 32.3. The van der Waals surface area contributed by atoms with Crippen LogP contribution in [0.5, 0.6) is 0 Å². The molecule has 9 nitrogen and oxygen atoms in total. The Hall–Kier alpha value is -18.7. The van der Waals surface area contributed by atoms with Crippen LogP contribution >= 0.6 is 11.3 Å². The molecule has 10 heteroatoms. The SMILES string of the molecule is CC1(C)c2ccccc2-c2ccc(-n3c4ccccc4c4c5c6ccccc6n(-c6ccc7c(c6)oc6ccccc67)c5ccc43)cc21.c1ccc2c(c1)oc1cc(-n3c4ccccc4c4c5c6ccccc6n(-c6ccc7c8ccccc8c8ccccc8c7c6)c5ccc43)ccc12.c1ccc2c(c1)oc1cc(-n3c4ccccc4c4c5c6ccccc6n(-c6cccc7c6sc6ccccc67)c5ccc43)ccc12. The molecule has 0 bridgehead atoms. The summed E-state index contributed by atoms with van der Waals surface area (Å²) in [7, 11) is 0. The van der Waals surface area contributed by atoms with E-state index in [9.17, 15) is 0 Å². The molecule has 0 amide bonds. The number of hydrogen-bond acceptors (Lipinski definition) is 4. The van der Waals surface area contributed by atoms with Crippen molar-refractivity contribution >= 4 is 260 Å². The zero-order chi connectivity index (χ0) is 94.9. The Morgan fingerprint density at radius 3 is 0.841 bits per heavy atom. The number of para-hydroxylation sites is 9. The molecule has 34 rings (SSSR count). The largest absolute Gasteiger partial charge is 0.456 e. The van der Waals surface area contributed by atoms with Crippen LogP contribution in [0.2, 0.25) is 0 Å². The number of fused-ring (bicyclic) bond motifs is 42. The molecule has 0 spiro atoms. The van der Waals surface area contributed by atoms with Crippen LogP contribution in [-0.2, 0) is 5.41 Å². The number of rotatable bonds is 6. The van der Waals surface area contributed by atoms with Gasteiger partial charge in [0.1, 0.15) is 33.5 Å². The van der Waals surface area contributed by atoms with Gasteiger partial charge in [0.25, 0.3) is 0 Å². The molecular weight excluding hydrogens is 1790 g/mol. The van der Waals surface area contributed by atoms with Crippen molar-refractivity contribution in [2.45, 2.75) is 19.3 Å². The Morgan fingerprint density at radius 1 is 0.172 bits per heavy atom. The molecule has 33 aromatic rings. The summed E-state index contributed by atoms with van der Waals surface area (Å²) in [5.41, 5.74) is 32.1. The van der Waals surface area contributed by atoms with Gasteiger partial charge < -0.3 is 40.7 Å². The van der Waals surface area contributed by atoms with Crippen LogP contribution in [0.25, 0.3) is 294 Å². The molecule has 0 aliphatic heterocycles. The second-order valence-corrected chi connectivity index (χ2v) is 40.5. The predicted octanol–water partition coefficient (Wildman–Crippen LogP) is 37.5. The molecule has 0 saturated heterocycles. The van der Waals surface area contributed by atoms with E-state index in [1.165, 1.54) is 217 Å². The minimum Gasteiger partial charge on any atom is -0.456 e. The fourth-order valence-electron chi connectivity index (χ4n) is 25.5. The fourth-order valence-corrected chi connectivity index (χ4v) is 26.7. The molecule has 1 aliphatic rings. The van der Waals surface area contributed by atoms with Crippen molar-refractivity contribution < 1.29 is 13.3 Å². The van der Waals surface area contributed by atoms with Gasteiger partial charge in [-0.25, -0.2) is 0 Å². The predicted molar refractivity (Wildman–Crippen MR) is 610 cm³/mol. The monoisotopic (exact) mass is 1870 g/mol. The van der Waals surface area contributed by atoms with Crippen molar-refractivity contribution in [2.75, 3.05) is 0 Å². The van der Waals surface area contributed by atoms with Gasteiger partial charge in [-0.05, 0) is 218 Å². The van der Waals surface area contributed by atoms with Crippen molar-refractivity contribution in [1.29, 1.82) is 0 Å². The third kappa shape index (κ3) is 11.3. The highest BCUT2D eigenvalue weighted by Gasteiger charge is 2.37. The summed E-state index contributed by atoms with van der Waals surface area (Å²) in [5.74, 6) is 0. The second-order valence-electron chi connectivity index (χ2n) is 39.5. The molecule has 0 fully saturated rings. The van der Waals surface area contributed by atoms with Crippen molar-refractivity contribution in [3.63, 3.8) is 0 Å². The summed E-state index contributed by atoms with van der Waals surface area (Å²) in [6.07, 6.45) is 0. The summed E-state index contributed by atoms with van der Waals surface area (Å²) >= 11 is 1.88. The first-order valence-electron chi connectivity index (χ1n) is 49.8. The Morgan fingerprint density at radius 2 is 0.441 bits per heavy atom. The number of benzene rings is 23. The normalized spacial score (nSPS) is 12.8. The van der Waals surface area contributed by atoms with E-state index in [1.807, 2.05) is 47.7 Å². The molecule has 23 aromatic carbocycles. The zero-order valence-corrected chi connectivity index (χ0v) is 79.5. The van der Waals surface area contributed by atoms with Gasteiger partial charge in [0.2, 0.25) is 0 Å². The summed E-state index contributed by atoms with van der Waals surface area (Å²) in [6.45, 7) is 4.71. The Balaban J connectivity index is 0.0000000972. The lowest BCUT2D eigenvalue weighted by atomic mass is 9.82. The fraction of sp³-hybridized carbons (Fsp3) is 0.0222. The molecule has 10 aromatic heterocycles. The van der Waals surface area contributed by atoms with Gasteiger partial charge in [0.15, 0.2) is 0 Å². The van der Waals surface area contributed by atoms with Gasteiger partial charge in [0, 0.05) is 164 Å². The van der Waals surface area contributed by atoms with E-state index < -0.39 is 0 Å². The minimum absolute atomic E-state index is 0.0671. The van der Waals surface area contributed by atoms with Crippen molar-refractivity contribution in [3.8, 4) is 45.3 Å². The van der Waals surface area contributed by atoms with E-state index in [0.717, 1.165) is 88.6 Å². The Labute approximate surface area is 831 Å². The highest BCUT2D eigenvalue weighted by molar-refractivity contribution is 7.26. The highest BCUT2D eigenvalue weighted by Crippen LogP contribution is 2.54. The number of thiophene rings is 1. The third-order valence-corrected chi connectivity index (χ3v) is 32.9. The molecule has 0 saturated carbocycles. The maximum Gasteiger partial charge on any atom is 0.137 e. The minimum atomic E-state index is -0.0671. The molecule has 676 valence electrons. The maximum atomic E-state index is 6.36. The van der Waals surface area contributed by atoms with Crippen LogP contribution in [0.3, 0.4) is 0 Å². The third-order valence-electron chi connectivity index (χ3n) is 31.7. The van der Waals surface area contributed by atoms with E-state index >= 15 is 0 Å². The van der Waals surface area contributed by atoms with Gasteiger partial charge in [-0.3, -0.25) is 0 Å². The van der Waals surface area contributed by atoms with E-state index in [0.29, 0.717) is 0 Å². The first-order valence-corrected chi connectivity index (χ1v) is 50.6. The molecule has 0 N–H and O–H groups in total. The van der Waals surface area contributed by atoms with Crippen molar-refractivity contribution in [3.05, 3.63) is 472 Å². The average Bonchev–Trinajstić information content (AvgIpc) is 1.54. The van der Waals surface area contributed by atoms with Crippen LogP contribution in [0.1, 0.15) is 25.0 Å². The number of hydrogen-bond donors (Lipinski definition) is 0. The topological polar surface area (TPSA) is 69.0 Å². The molecule has 145 heavy (non-hydrogen) atoms. The second kappa shape index (κ2) is 30.2. The molecule has 0 radical (unpaired) electrons. The first-order chi connectivity index (χ1) is 71.7. The van der Waals surface area contributed by atoms with Crippen LogP contribution in [-0.4, -0.2) is 27.4 Å². The number of furan rings is 3. The van der Waals surface area contributed by atoms with E-state index in [2.05, 4.69) is 466 Å². The van der Waals surface area contributed by atoms with Gasteiger partial charge in [-0.2, -0.15) is 0 Å². The maximum absolute atomic E-state index is 6.36. The molecule has 10 heterocycles. The van der Waals surface area contributed by atoms with Gasteiger partial charge in [-0.1, -0.05) is 293 Å². The number of nitrogens with zero attached hydrogens (tertiary/aromatic N) is 6. The molecule has 0 unspecified atom stereocenters. The molecule has 1 aliphatic carbocycles. The smallest absolute Gasteiger partial charge is 0.137 e. The number of aromatic nitrogens is 6. The van der Waals surface area contributed by atoms with Gasteiger partial charge >= 0.3 is 0 Å². The summed E-state index contributed by atoms with van der Waals surface area (Å²) in [4.78, 5) is 0. The highest BCUT2D eigenvalue weighted by atomic mass is 32.1. The van der Waals surface area contributed by atoms with E-state index in [4.69, 9.17) is 13.3 Å². The van der Waals surface area contributed by atoms with Gasteiger partial charge in [0.05, 0.1) is 76.6 Å². The standard InChI is InChI=1S/C48H28N2O.C45H30N2O.C42H24N2OS/c1-2-13-33-31(11-1)32-12-3-4-14-34(32)40-27-29(21-23-35(33)40)49-41-18-8-5-16-38(41)47-43(49)25-26-44-48(47)39-17-6-9-19-42(39)50(44)30-22-24-37-36-15-7-10-20-45(36)51-46(37)28-30;1-45(2)35-15-7-3-11-29(35)30-21-19-27(25-36(30)45)46-37-16-8-4-13-33(37)43-39(46)23-24-40-44(43)34-14-5-9-17-38(34)47(40)28-20-22-32-31-12-6-10-18-41(31)48-42(32)26-28;1-5-15-32-30(12-1)40-34(43(32)25-20-21-27-26-10-3-7-18-37(26)45-38(27)24-25)22-23-35-41(40)31-13-2-6-16-33(31)44(35)36-17-9-14-29-28-11-4-8-19-39(28)46-42(29)36/h1-28H;3-26H,1-2H3;1-24H. The van der Waals surface area contributed by atoms with Crippen molar-refractivity contribution in [1.82, 2.24) is 27.4 Å². The van der Waals surface area contributed by atoms with E-state index in [-0.39, 0.29) is 5.41 Å². The van der Waals surface area contributed by atoms with Crippen molar-refractivity contribution in [2.24, 2.45) is 0 Å². The van der Waals surface area contributed by atoms with Gasteiger partial charge in [-0.15, -0.1) is 11.3 Å². The summed E-state index contributed by atoms with van der Waals surface area (Å²) < 4.78 is 36.3. The first kappa shape index (κ1) is 80.1. The van der Waals surface area contributed by atoms with Crippen LogP contribution in [0, 0.1) is 0 Å². The summed E-state index contributed by atoms with van der Waals surface area (Å²) in [6, 6.07) is 168. The zero-order valence-electron chi connectivity index (χ0n) is 78.7. The van der Waals surface area contributed by atoms with Crippen LogP contribution in [0.4, 0.5) is 0 Å². The lowest BCUT2D eigenvalue weighted by Gasteiger charge is -2.22. The van der Waals surface area contributed by atoms with Crippen LogP contribution in [0.15, 0.2) is 474 Å². The Kier molecular flexibility index (Phi) is 16.7. The van der Waals surface area contributed by atoms with Crippen LogP contribution < -0.4 is 0 Å². The quantitative estimate of drug-likeness (QED) is 0.156. The molecular formula is C135H82N6O3S. The average molecular weight is 1870 g/mol. The Bertz CT molecular complexity index is 11500. The lowest BCUT2D eigenvalue weighted by molar-refractivity contribution is 0.660.